The first-order valence-corrected chi connectivity index (χ1v) is 7.32. The second-order valence-corrected chi connectivity index (χ2v) is 5.72. The van der Waals surface area contributed by atoms with Crippen molar-refractivity contribution >= 4 is 22.6 Å². The Hall–Kier alpha value is -2.00. The number of alkyl halides is 1. The van der Waals surface area contributed by atoms with Crippen LogP contribution in [0.3, 0.4) is 0 Å². The number of benzene rings is 2. The van der Waals surface area contributed by atoms with Gasteiger partial charge in [0.2, 0.25) is 0 Å². The summed E-state index contributed by atoms with van der Waals surface area (Å²) in [5.41, 5.74) is 4.14. The number of nitrogens with zero attached hydrogens (tertiary/aromatic N) is 2. The third kappa shape index (κ3) is 2.38. The van der Waals surface area contributed by atoms with Gasteiger partial charge in [-0.3, -0.25) is 4.57 Å². The molecule has 0 aliphatic carbocycles. The monoisotopic (exact) mass is 300 g/mol. The molecule has 1 aromatic heterocycles. The van der Waals surface area contributed by atoms with Crippen molar-refractivity contribution in [3.8, 4) is 11.4 Å². The number of fused-ring (bicyclic) bond motifs is 1. The first-order chi connectivity index (χ1) is 10.1. The SMILES string of the molecule is COc1ccc(-n2c(C(C)Cl)nc3ccccc32)cc1C. The van der Waals surface area contributed by atoms with Crippen LogP contribution in [0.5, 0.6) is 5.75 Å². The highest BCUT2D eigenvalue weighted by Crippen LogP contribution is 2.30. The number of para-hydroxylation sites is 2. The Morgan fingerprint density at radius 2 is 1.95 bits per heavy atom. The van der Waals surface area contributed by atoms with Crippen molar-refractivity contribution in [2.75, 3.05) is 7.11 Å². The van der Waals surface area contributed by atoms with Crippen LogP contribution in [-0.2, 0) is 0 Å². The second-order valence-electron chi connectivity index (χ2n) is 5.06. The summed E-state index contributed by atoms with van der Waals surface area (Å²) in [7, 11) is 1.68. The molecule has 1 unspecified atom stereocenters. The Bertz CT molecular complexity index is 793. The highest BCUT2D eigenvalue weighted by molar-refractivity contribution is 6.20. The minimum Gasteiger partial charge on any atom is -0.496 e. The Kier molecular flexibility index (Phi) is 3.60. The number of aryl methyl sites for hydroxylation is 1. The molecule has 0 aliphatic rings. The van der Waals surface area contributed by atoms with Crippen molar-refractivity contribution in [2.45, 2.75) is 19.2 Å². The van der Waals surface area contributed by atoms with Crippen molar-refractivity contribution in [1.82, 2.24) is 9.55 Å². The lowest BCUT2D eigenvalue weighted by Gasteiger charge is -2.13. The highest BCUT2D eigenvalue weighted by atomic mass is 35.5. The minimum atomic E-state index is -0.167. The molecule has 21 heavy (non-hydrogen) atoms. The van der Waals surface area contributed by atoms with E-state index in [1.165, 1.54) is 0 Å². The first kappa shape index (κ1) is 14.0. The van der Waals surface area contributed by atoms with Crippen molar-refractivity contribution in [3.05, 3.63) is 53.9 Å². The number of ether oxygens (including phenoxy) is 1. The predicted octanol–water partition coefficient (Wildman–Crippen LogP) is 4.64. The van der Waals surface area contributed by atoms with Crippen molar-refractivity contribution in [3.63, 3.8) is 0 Å². The lowest BCUT2D eigenvalue weighted by molar-refractivity contribution is 0.411. The van der Waals surface area contributed by atoms with Crippen molar-refractivity contribution < 1.29 is 4.74 Å². The molecule has 3 rings (SSSR count). The molecular formula is C17H17ClN2O. The van der Waals surface area contributed by atoms with E-state index < -0.39 is 0 Å². The Balaban J connectivity index is 2.27. The largest absolute Gasteiger partial charge is 0.496 e. The maximum absolute atomic E-state index is 6.32. The summed E-state index contributed by atoms with van der Waals surface area (Å²) < 4.78 is 7.44. The van der Waals surface area contributed by atoms with Crippen LogP contribution in [0, 0.1) is 6.92 Å². The average Bonchev–Trinajstić information content (AvgIpc) is 2.86. The standard InChI is InChI=1S/C17H17ClN2O/c1-11-10-13(8-9-16(11)21-3)20-15-7-5-4-6-14(15)19-17(20)12(2)18/h4-10,12H,1-3H3. The van der Waals surface area contributed by atoms with Gasteiger partial charge in [0.05, 0.1) is 23.5 Å². The van der Waals surface area contributed by atoms with E-state index in [1.807, 2.05) is 44.2 Å². The molecule has 0 spiro atoms. The molecule has 0 aliphatic heterocycles. The van der Waals surface area contributed by atoms with Crippen molar-refractivity contribution in [1.29, 1.82) is 0 Å². The summed E-state index contributed by atoms with van der Waals surface area (Å²) in [5.74, 6) is 1.73. The number of halogens is 1. The van der Waals surface area contributed by atoms with Crippen LogP contribution in [0.15, 0.2) is 42.5 Å². The van der Waals surface area contributed by atoms with Gasteiger partial charge in [-0.2, -0.15) is 0 Å². The molecule has 0 saturated heterocycles. The van der Waals surface area contributed by atoms with Gasteiger partial charge in [-0.05, 0) is 49.7 Å². The summed E-state index contributed by atoms with van der Waals surface area (Å²) in [5, 5.41) is -0.167. The molecule has 0 bridgehead atoms. The molecule has 3 aromatic rings. The zero-order valence-corrected chi connectivity index (χ0v) is 13.1. The maximum atomic E-state index is 6.32. The van der Waals surface area contributed by atoms with E-state index in [1.54, 1.807) is 7.11 Å². The summed E-state index contributed by atoms with van der Waals surface area (Å²) in [6, 6.07) is 14.2. The second kappa shape index (κ2) is 5.41. The van der Waals surface area contributed by atoms with Crippen LogP contribution in [0.1, 0.15) is 23.7 Å². The van der Waals surface area contributed by atoms with Crippen LogP contribution >= 0.6 is 11.6 Å². The van der Waals surface area contributed by atoms with Crippen LogP contribution in [-0.4, -0.2) is 16.7 Å². The van der Waals surface area contributed by atoms with Crippen molar-refractivity contribution in [2.24, 2.45) is 0 Å². The summed E-state index contributed by atoms with van der Waals surface area (Å²) in [6.07, 6.45) is 0. The highest BCUT2D eigenvalue weighted by Gasteiger charge is 2.16. The van der Waals surface area contributed by atoms with E-state index in [0.717, 1.165) is 33.9 Å². The number of rotatable bonds is 3. The zero-order chi connectivity index (χ0) is 15.0. The first-order valence-electron chi connectivity index (χ1n) is 6.88. The molecule has 0 saturated carbocycles. The molecular weight excluding hydrogens is 284 g/mol. The van der Waals surface area contributed by atoms with E-state index in [4.69, 9.17) is 16.3 Å². The van der Waals surface area contributed by atoms with Gasteiger partial charge < -0.3 is 4.74 Å². The Labute approximate surface area is 129 Å². The molecule has 0 radical (unpaired) electrons. The number of imidazole rings is 1. The maximum Gasteiger partial charge on any atom is 0.132 e. The van der Waals surface area contributed by atoms with Gasteiger partial charge in [-0.25, -0.2) is 4.98 Å². The predicted molar refractivity (Wildman–Crippen MR) is 86.6 cm³/mol. The van der Waals surface area contributed by atoms with E-state index >= 15 is 0 Å². The molecule has 108 valence electrons. The lowest BCUT2D eigenvalue weighted by Crippen LogP contribution is -2.02. The van der Waals surface area contributed by atoms with E-state index in [-0.39, 0.29) is 5.38 Å². The normalized spacial score (nSPS) is 12.6. The molecule has 1 heterocycles. The quantitative estimate of drug-likeness (QED) is 0.659. The topological polar surface area (TPSA) is 27.1 Å². The van der Waals surface area contributed by atoms with Gasteiger partial charge in [0, 0.05) is 5.69 Å². The molecule has 0 fully saturated rings. The van der Waals surface area contributed by atoms with Gasteiger partial charge in [-0.15, -0.1) is 11.6 Å². The molecule has 1 atom stereocenters. The molecule has 4 heteroatoms. The molecule has 0 amide bonds. The van der Waals surface area contributed by atoms with Gasteiger partial charge >= 0.3 is 0 Å². The van der Waals surface area contributed by atoms with Crippen LogP contribution in [0.4, 0.5) is 0 Å². The third-order valence-corrected chi connectivity index (χ3v) is 3.77. The van der Waals surface area contributed by atoms with Crippen LogP contribution < -0.4 is 4.74 Å². The number of hydrogen-bond donors (Lipinski definition) is 0. The zero-order valence-electron chi connectivity index (χ0n) is 12.3. The fourth-order valence-electron chi connectivity index (χ4n) is 2.58. The van der Waals surface area contributed by atoms with E-state index in [0.29, 0.717) is 0 Å². The lowest BCUT2D eigenvalue weighted by atomic mass is 10.2. The van der Waals surface area contributed by atoms with E-state index in [9.17, 15) is 0 Å². The minimum absolute atomic E-state index is 0.167. The Morgan fingerprint density at radius 3 is 2.62 bits per heavy atom. The summed E-state index contributed by atoms with van der Waals surface area (Å²) in [4.78, 5) is 4.66. The fourth-order valence-corrected chi connectivity index (χ4v) is 2.73. The van der Waals surface area contributed by atoms with Crippen LogP contribution in [0.2, 0.25) is 0 Å². The summed E-state index contributed by atoms with van der Waals surface area (Å²) >= 11 is 6.32. The molecule has 0 N–H and O–H groups in total. The third-order valence-electron chi connectivity index (χ3n) is 3.58. The van der Waals surface area contributed by atoms with Gasteiger partial charge in [0.1, 0.15) is 11.6 Å². The average molecular weight is 301 g/mol. The number of methoxy groups -OCH3 is 1. The van der Waals surface area contributed by atoms with Gasteiger partial charge in [0.25, 0.3) is 0 Å². The number of aromatic nitrogens is 2. The smallest absolute Gasteiger partial charge is 0.132 e. The summed E-state index contributed by atoms with van der Waals surface area (Å²) in [6.45, 7) is 3.97. The fraction of sp³-hybridized carbons (Fsp3) is 0.235. The number of hydrogen-bond acceptors (Lipinski definition) is 2. The van der Waals surface area contributed by atoms with Crippen LogP contribution in [0.25, 0.3) is 16.7 Å². The van der Waals surface area contributed by atoms with Gasteiger partial charge in [-0.1, -0.05) is 12.1 Å². The Morgan fingerprint density at radius 1 is 1.19 bits per heavy atom. The van der Waals surface area contributed by atoms with Gasteiger partial charge in [0.15, 0.2) is 0 Å². The molecule has 2 aromatic carbocycles. The molecule has 3 nitrogen and oxygen atoms in total. The van der Waals surface area contributed by atoms with E-state index in [2.05, 4.69) is 21.7 Å².